The van der Waals surface area contributed by atoms with Crippen LogP contribution in [0.5, 0.6) is 0 Å². The van der Waals surface area contributed by atoms with Gasteiger partial charge >= 0.3 is 0 Å². The minimum atomic E-state index is -0.806. The normalized spacial score (nSPS) is 20.3. The van der Waals surface area contributed by atoms with E-state index in [0.717, 1.165) is 39.5 Å². The summed E-state index contributed by atoms with van der Waals surface area (Å²) < 4.78 is 2.05. The Hall–Kier alpha value is -3.72. The highest BCUT2D eigenvalue weighted by Gasteiger charge is 2.45. The van der Waals surface area contributed by atoms with Crippen molar-refractivity contribution in [3.05, 3.63) is 48.3 Å². The summed E-state index contributed by atoms with van der Waals surface area (Å²) in [5, 5.41) is 6.71. The average molecular weight is 483 g/mol. The molecule has 1 saturated carbocycles. The standard InChI is InChI=1S/C27H30N8O/c1-5-35-24(19-12-28-16(3)29-13-19)33-23-22(30-14-31-25(23)35)18-9-10-21-20(11-18)27(4,26(36)32-21)34-15(2)17-7-6-8-17/h9-15,17,34H,5-8H2,1-4H3,(H,32,36)/t15?,27-/m1/s1. The number of aromatic nitrogens is 6. The molecule has 1 aliphatic carbocycles. The maximum absolute atomic E-state index is 13.1. The second kappa shape index (κ2) is 8.44. The summed E-state index contributed by atoms with van der Waals surface area (Å²) >= 11 is 0. The summed E-state index contributed by atoms with van der Waals surface area (Å²) in [6, 6.07) is 6.27. The molecule has 4 aromatic rings. The van der Waals surface area contributed by atoms with Gasteiger partial charge in [-0.1, -0.05) is 12.5 Å². The number of amides is 1. The van der Waals surface area contributed by atoms with Crippen molar-refractivity contribution < 1.29 is 4.79 Å². The van der Waals surface area contributed by atoms with Crippen LogP contribution in [-0.2, 0) is 16.9 Å². The minimum absolute atomic E-state index is 0.0226. The number of hydrogen-bond acceptors (Lipinski definition) is 7. The van der Waals surface area contributed by atoms with Gasteiger partial charge in [0.1, 0.15) is 34.7 Å². The van der Waals surface area contributed by atoms with Crippen molar-refractivity contribution in [2.75, 3.05) is 5.32 Å². The van der Waals surface area contributed by atoms with Crippen molar-refractivity contribution >= 4 is 22.8 Å². The first-order valence-electron chi connectivity index (χ1n) is 12.6. The highest BCUT2D eigenvalue weighted by molar-refractivity contribution is 6.06. The van der Waals surface area contributed by atoms with Crippen molar-refractivity contribution in [3.8, 4) is 22.6 Å². The number of fused-ring (bicyclic) bond motifs is 2. The smallest absolute Gasteiger partial charge is 0.249 e. The number of carbonyl (C=O) groups excluding carboxylic acids is 1. The number of rotatable bonds is 6. The van der Waals surface area contributed by atoms with Gasteiger partial charge in [-0.3, -0.25) is 10.1 Å². The Kier molecular flexibility index (Phi) is 5.33. The summed E-state index contributed by atoms with van der Waals surface area (Å²) in [5.41, 5.74) is 4.90. The Morgan fingerprint density at radius 1 is 1.17 bits per heavy atom. The molecule has 0 bridgehead atoms. The van der Waals surface area contributed by atoms with Crippen LogP contribution < -0.4 is 10.6 Å². The molecule has 4 heterocycles. The first-order valence-corrected chi connectivity index (χ1v) is 12.6. The average Bonchev–Trinajstić information content (AvgIpc) is 3.32. The first kappa shape index (κ1) is 22.7. The van der Waals surface area contributed by atoms with Gasteiger partial charge in [0.15, 0.2) is 5.65 Å². The van der Waals surface area contributed by atoms with Crippen molar-refractivity contribution in [2.24, 2.45) is 5.92 Å². The van der Waals surface area contributed by atoms with E-state index in [1.807, 2.05) is 26.0 Å². The first-order chi connectivity index (χ1) is 17.4. The number of benzene rings is 1. The Morgan fingerprint density at radius 2 is 1.94 bits per heavy atom. The predicted molar refractivity (Wildman–Crippen MR) is 138 cm³/mol. The van der Waals surface area contributed by atoms with Crippen LogP contribution in [0.25, 0.3) is 33.8 Å². The molecular formula is C27H30N8O. The molecule has 1 fully saturated rings. The molecule has 9 heteroatoms. The van der Waals surface area contributed by atoms with Gasteiger partial charge in [0, 0.05) is 41.8 Å². The summed E-state index contributed by atoms with van der Waals surface area (Å²) in [4.78, 5) is 36.0. The lowest BCUT2D eigenvalue weighted by Gasteiger charge is -2.37. The molecule has 36 heavy (non-hydrogen) atoms. The molecule has 9 nitrogen and oxygen atoms in total. The predicted octanol–water partition coefficient (Wildman–Crippen LogP) is 4.22. The lowest BCUT2D eigenvalue weighted by Crippen LogP contribution is -2.52. The van der Waals surface area contributed by atoms with E-state index in [2.05, 4.69) is 55.1 Å². The molecule has 0 radical (unpaired) electrons. The van der Waals surface area contributed by atoms with Crippen molar-refractivity contribution in [1.29, 1.82) is 0 Å². The zero-order valence-corrected chi connectivity index (χ0v) is 21.0. The number of nitrogens with one attached hydrogen (secondary N) is 2. The van der Waals surface area contributed by atoms with E-state index in [0.29, 0.717) is 23.8 Å². The monoisotopic (exact) mass is 482 g/mol. The quantitative estimate of drug-likeness (QED) is 0.423. The van der Waals surface area contributed by atoms with E-state index in [-0.39, 0.29) is 11.9 Å². The molecule has 1 aromatic carbocycles. The van der Waals surface area contributed by atoms with E-state index < -0.39 is 5.54 Å². The summed E-state index contributed by atoms with van der Waals surface area (Å²) in [6.07, 6.45) is 8.85. The molecule has 2 aliphatic rings. The van der Waals surface area contributed by atoms with Crippen LogP contribution in [0.15, 0.2) is 36.9 Å². The van der Waals surface area contributed by atoms with Gasteiger partial charge in [-0.15, -0.1) is 0 Å². The van der Waals surface area contributed by atoms with Crippen LogP contribution in [0.3, 0.4) is 0 Å². The molecule has 0 saturated heterocycles. The Morgan fingerprint density at radius 3 is 2.64 bits per heavy atom. The molecule has 1 aliphatic heterocycles. The maximum Gasteiger partial charge on any atom is 0.249 e. The molecule has 0 spiro atoms. The summed E-state index contributed by atoms with van der Waals surface area (Å²) in [7, 11) is 0. The van der Waals surface area contributed by atoms with Crippen LogP contribution in [-0.4, -0.2) is 41.4 Å². The third-order valence-electron chi connectivity index (χ3n) is 7.79. The Balaban J connectivity index is 1.45. The highest BCUT2D eigenvalue weighted by atomic mass is 16.2. The molecule has 1 unspecified atom stereocenters. The Bertz CT molecular complexity index is 1470. The van der Waals surface area contributed by atoms with Crippen LogP contribution in [0.1, 0.15) is 51.4 Å². The second-order valence-corrected chi connectivity index (χ2v) is 10.1. The highest BCUT2D eigenvalue weighted by Crippen LogP contribution is 2.41. The summed E-state index contributed by atoms with van der Waals surface area (Å²) in [6.45, 7) is 8.78. The number of anilines is 1. The van der Waals surface area contributed by atoms with Crippen LogP contribution in [0.4, 0.5) is 5.69 Å². The lowest BCUT2D eigenvalue weighted by molar-refractivity contribution is -0.121. The van der Waals surface area contributed by atoms with Gasteiger partial charge in [-0.25, -0.2) is 24.9 Å². The van der Waals surface area contributed by atoms with Gasteiger partial charge in [0.2, 0.25) is 5.91 Å². The minimum Gasteiger partial charge on any atom is -0.324 e. The van der Waals surface area contributed by atoms with Gasteiger partial charge < -0.3 is 9.88 Å². The lowest BCUT2D eigenvalue weighted by atomic mass is 9.79. The fraction of sp³-hybridized carbons (Fsp3) is 0.407. The van der Waals surface area contributed by atoms with E-state index in [4.69, 9.17) is 4.98 Å². The molecule has 184 valence electrons. The fourth-order valence-corrected chi connectivity index (χ4v) is 5.42. The molecular weight excluding hydrogens is 452 g/mol. The second-order valence-electron chi connectivity index (χ2n) is 10.1. The van der Waals surface area contributed by atoms with E-state index in [9.17, 15) is 4.79 Å². The number of aryl methyl sites for hydroxylation is 2. The number of imidazole rings is 1. The number of carbonyl (C=O) groups is 1. The van der Waals surface area contributed by atoms with Gasteiger partial charge in [0.25, 0.3) is 0 Å². The van der Waals surface area contributed by atoms with Crippen LogP contribution >= 0.6 is 0 Å². The maximum atomic E-state index is 13.1. The largest absolute Gasteiger partial charge is 0.324 e. The van der Waals surface area contributed by atoms with Crippen molar-refractivity contribution in [3.63, 3.8) is 0 Å². The van der Waals surface area contributed by atoms with Crippen LogP contribution in [0, 0.1) is 12.8 Å². The molecule has 2 atom stereocenters. The van der Waals surface area contributed by atoms with Crippen LogP contribution in [0.2, 0.25) is 0 Å². The van der Waals surface area contributed by atoms with Gasteiger partial charge in [-0.05, 0) is 58.6 Å². The SMILES string of the molecule is CCn1c(-c2cnc(C)nc2)nc2c(-c3ccc4c(c3)[C@@](C)(NC(C)C3CCC3)C(=O)N4)ncnc21. The van der Waals surface area contributed by atoms with Crippen molar-refractivity contribution in [2.45, 2.75) is 65.1 Å². The number of hydrogen-bond donors (Lipinski definition) is 2. The van der Waals surface area contributed by atoms with Gasteiger partial charge in [0.05, 0.1) is 5.56 Å². The topological polar surface area (TPSA) is 111 Å². The zero-order valence-electron chi connectivity index (χ0n) is 21.0. The molecule has 3 aromatic heterocycles. The molecule has 1 amide bonds. The molecule has 6 rings (SSSR count). The van der Waals surface area contributed by atoms with Crippen molar-refractivity contribution in [1.82, 2.24) is 34.8 Å². The summed E-state index contributed by atoms with van der Waals surface area (Å²) in [5.74, 6) is 2.06. The molecule has 2 N–H and O–H groups in total. The Labute approximate surface area is 209 Å². The van der Waals surface area contributed by atoms with Gasteiger partial charge in [-0.2, -0.15) is 0 Å². The number of nitrogens with zero attached hydrogens (tertiary/aromatic N) is 6. The van der Waals surface area contributed by atoms with E-state index in [1.165, 1.54) is 19.3 Å². The third kappa shape index (κ3) is 3.49. The third-order valence-corrected chi connectivity index (χ3v) is 7.79. The zero-order chi connectivity index (χ0) is 25.0. The van der Waals surface area contributed by atoms with E-state index >= 15 is 0 Å². The fourth-order valence-electron chi connectivity index (χ4n) is 5.42. The van der Waals surface area contributed by atoms with E-state index in [1.54, 1.807) is 18.7 Å².